The van der Waals surface area contributed by atoms with E-state index < -0.39 is 11.9 Å². The average Bonchev–Trinajstić information content (AvgIpc) is 3.62. The third-order valence-corrected chi connectivity index (χ3v) is 6.59. The van der Waals surface area contributed by atoms with Crippen LogP contribution in [0.4, 0.5) is 4.39 Å². The summed E-state index contributed by atoms with van der Waals surface area (Å²) in [6.07, 6.45) is 4.63. The Hall–Kier alpha value is -4.90. The van der Waals surface area contributed by atoms with E-state index in [2.05, 4.69) is 30.5 Å². The lowest BCUT2D eigenvalue weighted by Crippen LogP contribution is -2.27. The number of imidazole rings is 1. The molecule has 0 fully saturated rings. The molecule has 0 aliphatic heterocycles. The van der Waals surface area contributed by atoms with Crippen molar-refractivity contribution in [3.05, 3.63) is 112 Å². The van der Waals surface area contributed by atoms with Crippen molar-refractivity contribution in [2.24, 2.45) is 0 Å². The van der Waals surface area contributed by atoms with Crippen molar-refractivity contribution >= 4 is 22.8 Å². The number of hydrogen-bond donors (Lipinski definition) is 1. The molecule has 10 nitrogen and oxygen atoms in total. The zero-order valence-corrected chi connectivity index (χ0v) is 21.2. The van der Waals surface area contributed by atoms with Crippen LogP contribution in [-0.4, -0.2) is 46.8 Å². The molecule has 0 radical (unpaired) electrons. The van der Waals surface area contributed by atoms with Gasteiger partial charge < -0.3 is 14.3 Å². The summed E-state index contributed by atoms with van der Waals surface area (Å²) in [5.41, 5.74) is 3.20. The number of aromatic amines is 1. The zero-order chi connectivity index (χ0) is 26.9. The van der Waals surface area contributed by atoms with Gasteiger partial charge in [0.25, 0.3) is 5.56 Å². The number of halogens is 2. The van der Waals surface area contributed by atoms with Crippen LogP contribution in [0.3, 0.4) is 0 Å². The standard InChI is InChI=1S/C27H20ClFN8O2/c1-39-24-14-36(25(38)12-20(24)19-10-17(28)7-8-22(19)37-15-31-34-35-37)23(9-16-5-3-2-4-6-16)27-32-21-11-18(29)13-30-26(21)33-27/h2-8,10-15,23H,9H2,1H3,(H,30,32,33). The normalized spacial score (nSPS) is 12.1. The number of aromatic nitrogens is 8. The van der Waals surface area contributed by atoms with E-state index in [-0.39, 0.29) is 5.56 Å². The topological polar surface area (TPSA) is 116 Å². The summed E-state index contributed by atoms with van der Waals surface area (Å²) in [5.74, 6) is 0.394. The monoisotopic (exact) mass is 542 g/mol. The van der Waals surface area contributed by atoms with Crippen LogP contribution < -0.4 is 10.3 Å². The predicted molar refractivity (Wildman–Crippen MR) is 143 cm³/mol. The number of fused-ring (bicyclic) bond motifs is 1. The van der Waals surface area contributed by atoms with Crippen molar-refractivity contribution in [2.75, 3.05) is 7.11 Å². The number of pyridine rings is 2. The van der Waals surface area contributed by atoms with Crippen LogP contribution in [0.15, 0.2) is 84.2 Å². The van der Waals surface area contributed by atoms with Crippen molar-refractivity contribution in [1.82, 2.24) is 39.7 Å². The molecule has 0 spiro atoms. The Balaban J connectivity index is 1.52. The maximum absolute atomic E-state index is 13.8. The Morgan fingerprint density at radius 3 is 2.72 bits per heavy atom. The van der Waals surface area contributed by atoms with E-state index >= 15 is 0 Å². The molecule has 0 aliphatic rings. The molecule has 0 amide bonds. The van der Waals surface area contributed by atoms with E-state index in [0.29, 0.717) is 51.0 Å². The Bertz CT molecular complexity index is 1840. The molecule has 4 heterocycles. The van der Waals surface area contributed by atoms with Crippen LogP contribution in [0.25, 0.3) is 28.0 Å². The van der Waals surface area contributed by atoms with Crippen LogP contribution in [0.1, 0.15) is 17.4 Å². The van der Waals surface area contributed by atoms with Crippen LogP contribution in [0.5, 0.6) is 5.75 Å². The summed E-state index contributed by atoms with van der Waals surface area (Å²) in [5, 5.41) is 11.9. The second-order valence-electron chi connectivity index (χ2n) is 8.77. The molecule has 12 heteroatoms. The lowest BCUT2D eigenvalue weighted by molar-refractivity contribution is 0.405. The fourth-order valence-electron chi connectivity index (χ4n) is 4.56. The second-order valence-corrected chi connectivity index (χ2v) is 9.21. The molecule has 39 heavy (non-hydrogen) atoms. The lowest BCUT2D eigenvalue weighted by Gasteiger charge is -2.21. The fraction of sp³-hybridized carbons (Fsp3) is 0.111. The third kappa shape index (κ3) is 4.75. The maximum Gasteiger partial charge on any atom is 0.252 e. The van der Waals surface area contributed by atoms with Gasteiger partial charge in [0, 0.05) is 34.7 Å². The SMILES string of the molecule is COc1cn(C(Cc2ccccc2)c2nc3ncc(F)cc3[nH]2)c(=O)cc1-c1cc(Cl)ccc1-n1cnnn1. The molecular weight excluding hydrogens is 523 g/mol. The van der Waals surface area contributed by atoms with E-state index in [1.807, 2.05) is 30.3 Å². The van der Waals surface area contributed by atoms with E-state index in [1.165, 1.54) is 30.3 Å². The summed E-state index contributed by atoms with van der Waals surface area (Å²) in [6.45, 7) is 0. The number of benzene rings is 2. The van der Waals surface area contributed by atoms with Gasteiger partial charge in [-0.3, -0.25) is 4.79 Å². The summed E-state index contributed by atoms with van der Waals surface area (Å²) in [4.78, 5) is 25.6. The fourth-order valence-corrected chi connectivity index (χ4v) is 4.73. The number of nitrogens with zero attached hydrogens (tertiary/aromatic N) is 7. The van der Waals surface area contributed by atoms with Crippen molar-refractivity contribution in [2.45, 2.75) is 12.5 Å². The molecular formula is C27H20ClFN8O2. The first kappa shape index (κ1) is 24.4. The van der Waals surface area contributed by atoms with Gasteiger partial charge in [0.05, 0.1) is 36.7 Å². The summed E-state index contributed by atoms with van der Waals surface area (Å²) < 4.78 is 22.6. The van der Waals surface area contributed by atoms with Crippen LogP contribution in [0.2, 0.25) is 5.02 Å². The van der Waals surface area contributed by atoms with Gasteiger partial charge in [0.1, 0.15) is 23.7 Å². The predicted octanol–water partition coefficient (Wildman–Crippen LogP) is 4.40. The molecule has 1 N–H and O–H groups in total. The van der Waals surface area contributed by atoms with Gasteiger partial charge in [-0.2, -0.15) is 4.68 Å². The quantitative estimate of drug-likeness (QED) is 0.318. The molecule has 1 atom stereocenters. The van der Waals surface area contributed by atoms with Gasteiger partial charge in [-0.05, 0) is 34.2 Å². The molecule has 2 aromatic carbocycles. The van der Waals surface area contributed by atoms with Crippen molar-refractivity contribution in [1.29, 1.82) is 0 Å². The van der Waals surface area contributed by atoms with Gasteiger partial charge in [-0.15, -0.1) is 5.10 Å². The number of H-pyrrole nitrogens is 1. The Morgan fingerprint density at radius 1 is 1.10 bits per heavy atom. The summed E-state index contributed by atoms with van der Waals surface area (Å²) in [6, 6.07) is 17.1. The molecule has 1 unspecified atom stereocenters. The second kappa shape index (κ2) is 10.1. The number of rotatable bonds is 7. The minimum atomic E-state index is -0.571. The molecule has 0 bridgehead atoms. The minimum absolute atomic E-state index is 0.311. The summed E-state index contributed by atoms with van der Waals surface area (Å²) >= 11 is 6.34. The molecule has 194 valence electrons. The van der Waals surface area contributed by atoms with Crippen LogP contribution >= 0.6 is 11.6 Å². The highest BCUT2D eigenvalue weighted by Crippen LogP contribution is 2.35. The first-order chi connectivity index (χ1) is 19.0. The van der Waals surface area contributed by atoms with Gasteiger partial charge in [-0.25, -0.2) is 14.4 Å². The van der Waals surface area contributed by atoms with Gasteiger partial charge in [0.15, 0.2) is 5.65 Å². The lowest BCUT2D eigenvalue weighted by atomic mass is 10.0. The third-order valence-electron chi connectivity index (χ3n) is 6.35. The Labute approximate surface area is 225 Å². The van der Waals surface area contributed by atoms with E-state index in [1.54, 1.807) is 29.0 Å². The van der Waals surface area contributed by atoms with Crippen LogP contribution in [-0.2, 0) is 6.42 Å². The number of methoxy groups -OCH3 is 1. The van der Waals surface area contributed by atoms with Crippen molar-refractivity contribution in [3.63, 3.8) is 0 Å². The number of hydrogen-bond acceptors (Lipinski definition) is 7. The first-order valence-corrected chi connectivity index (χ1v) is 12.3. The molecule has 6 rings (SSSR count). The van der Waals surface area contributed by atoms with Crippen molar-refractivity contribution in [3.8, 4) is 22.6 Å². The molecule has 6 aromatic rings. The average molecular weight is 543 g/mol. The van der Waals surface area contributed by atoms with Crippen LogP contribution in [0, 0.1) is 5.82 Å². The highest BCUT2D eigenvalue weighted by Gasteiger charge is 2.24. The first-order valence-electron chi connectivity index (χ1n) is 11.9. The molecule has 0 saturated carbocycles. The largest absolute Gasteiger partial charge is 0.495 e. The van der Waals surface area contributed by atoms with Gasteiger partial charge >= 0.3 is 0 Å². The van der Waals surface area contributed by atoms with E-state index in [0.717, 1.165) is 11.8 Å². The number of tetrazole rings is 1. The molecule has 0 saturated heterocycles. The smallest absolute Gasteiger partial charge is 0.252 e. The number of ether oxygens (including phenoxy) is 1. The van der Waals surface area contributed by atoms with Gasteiger partial charge in [-0.1, -0.05) is 41.9 Å². The molecule has 0 aliphatic carbocycles. The molecule has 4 aromatic heterocycles. The zero-order valence-electron chi connectivity index (χ0n) is 20.5. The highest BCUT2D eigenvalue weighted by molar-refractivity contribution is 6.31. The maximum atomic E-state index is 13.8. The van der Waals surface area contributed by atoms with E-state index in [9.17, 15) is 9.18 Å². The van der Waals surface area contributed by atoms with Crippen molar-refractivity contribution < 1.29 is 9.13 Å². The number of nitrogens with one attached hydrogen (secondary N) is 1. The Morgan fingerprint density at radius 2 is 1.95 bits per heavy atom. The Kier molecular flexibility index (Phi) is 6.33. The summed E-state index contributed by atoms with van der Waals surface area (Å²) in [7, 11) is 1.52. The van der Waals surface area contributed by atoms with E-state index in [4.69, 9.17) is 16.3 Å². The minimum Gasteiger partial charge on any atom is -0.495 e. The highest BCUT2D eigenvalue weighted by atomic mass is 35.5. The van der Waals surface area contributed by atoms with Gasteiger partial charge in [0.2, 0.25) is 0 Å².